The molecule has 1 aromatic carbocycles. The number of carbonyl (C=O) groups excluding carboxylic acids is 1. The van der Waals surface area contributed by atoms with Crippen molar-refractivity contribution in [2.75, 3.05) is 13.7 Å². The molecule has 1 aromatic heterocycles. The summed E-state index contributed by atoms with van der Waals surface area (Å²) in [6.07, 6.45) is 1.84. The standard InChI is InChI=1S/C16H18F2N2O3/c1-10(9-22-2)20-15(21)5-6-16-19-8-14(23-16)12-4-3-11(17)7-13(12)18/h3-4,7-8,10H,5-6,9H2,1-2H3,(H,20,21). The van der Waals surface area contributed by atoms with E-state index in [-0.39, 0.29) is 36.1 Å². The highest BCUT2D eigenvalue weighted by atomic mass is 19.1. The molecule has 5 nitrogen and oxygen atoms in total. The summed E-state index contributed by atoms with van der Waals surface area (Å²) in [6.45, 7) is 2.26. The number of amides is 1. The first kappa shape index (κ1) is 17.1. The second-order valence-corrected chi connectivity index (χ2v) is 5.17. The lowest BCUT2D eigenvalue weighted by Crippen LogP contribution is -2.35. The fourth-order valence-corrected chi connectivity index (χ4v) is 2.10. The van der Waals surface area contributed by atoms with E-state index < -0.39 is 11.6 Å². The molecular formula is C16H18F2N2O3. The first-order chi connectivity index (χ1) is 11.0. The molecule has 1 unspecified atom stereocenters. The van der Waals surface area contributed by atoms with E-state index in [0.717, 1.165) is 12.1 Å². The normalized spacial score (nSPS) is 12.2. The number of oxazole rings is 1. The van der Waals surface area contributed by atoms with Crippen LogP contribution in [0, 0.1) is 11.6 Å². The molecule has 0 aliphatic carbocycles. The SMILES string of the molecule is COCC(C)NC(=O)CCc1ncc(-c2ccc(F)cc2F)o1. The van der Waals surface area contributed by atoms with Crippen LogP contribution in [0.4, 0.5) is 8.78 Å². The van der Waals surface area contributed by atoms with E-state index >= 15 is 0 Å². The molecular weight excluding hydrogens is 306 g/mol. The quantitative estimate of drug-likeness (QED) is 0.850. The number of aryl methyl sites for hydroxylation is 1. The van der Waals surface area contributed by atoms with Gasteiger partial charge >= 0.3 is 0 Å². The smallest absolute Gasteiger partial charge is 0.220 e. The Morgan fingerprint density at radius 2 is 2.22 bits per heavy atom. The molecule has 23 heavy (non-hydrogen) atoms. The van der Waals surface area contributed by atoms with E-state index in [2.05, 4.69) is 10.3 Å². The highest BCUT2D eigenvalue weighted by Gasteiger charge is 2.13. The van der Waals surface area contributed by atoms with Gasteiger partial charge in [0.25, 0.3) is 0 Å². The van der Waals surface area contributed by atoms with Gasteiger partial charge in [0.15, 0.2) is 11.7 Å². The lowest BCUT2D eigenvalue weighted by Gasteiger charge is -2.11. The maximum absolute atomic E-state index is 13.7. The summed E-state index contributed by atoms with van der Waals surface area (Å²) < 4.78 is 36.9. The number of hydrogen-bond donors (Lipinski definition) is 1. The van der Waals surface area contributed by atoms with Gasteiger partial charge in [-0.2, -0.15) is 0 Å². The third-order valence-electron chi connectivity index (χ3n) is 3.14. The highest BCUT2D eigenvalue weighted by Crippen LogP contribution is 2.24. The lowest BCUT2D eigenvalue weighted by molar-refractivity contribution is -0.122. The van der Waals surface area contributed by atoms with E-state index in [0.29, 0.717) is 12.5 Å². The van der Waals surface area contributed by atoms with Crippen LogP contribution in [0.3, 0.4) is 0 Å². The predicted molar refractivity (Wildman–Crippen MR) is 79.7 cm³/mol. The zero-order valence-corrected chi connectivity index (χ0v) is 12.9. The summed E-state index contributed by atoms with van der Waals surface area (Å²) in [4.78, 5) is 15.7. The summed E-state index contributed by atoms with van der Waals surface area (Å²) >= 11 is 0. The van der Waals surface area contributed by atoms with E-state index in [1.807, 2.05) is 6.92 Å². The minimum Gasteiger partial charge on any atom is -0.441 e. The largest absolute Gasteiger partial charge is 0.441 e. The molecule has 1 heterocycles. The number of rotatable bonds is 7. The number of halogens is 2. The van der Waals surface area contributed by atoms with E-state index in [9.17, 15) is 13.6 Å². The highest BCUT2D eigenvalue weighted by molar-refractivity contribution is 5.76. The molecule has 1 amide bonds. The molecule has 2 aromatic rings. The summed E-state index contributed by atoms with van der Waals surface area (Å²) in [5, 5.41) is 2.77. The van der Waals surface area contributed by atoms with Crippen LogP contribution in [0.1, 0.15) is 19.2 Å². The van der Waals surface area contributed by atoms with Crippen LogP contribution in [-0.2, 0) is 16.0 Å². The van der Waals surface area contributed by atoms with E-state index in [4.69, 9.17) is 9.15 Å². The van der Waals surface area contributed by atoms with E-state index in [1.165, 1.54) is 12.3 Å². The van der Waals surface area contributed by atoms with Crippen molar-refractivity contribution in [3.8, 4) is 11.3 Å². The Morgan fingerprint density at radius 3 is 2.91 bits per heavy atom. The Balaban J connectivity index is 1.93. The molecule has 0 saturated heterocycles. The number of benzene rings is 1. The maximum atomic E-state index is 13.7. The van der Waals surface area contributed by atoms with Crippen molar-refractivity contribution in [2.24, 2.45) is 0 Å². The monoisotopic (exact) mass is 324 g/mol. The van der Waals surface area contributed by atoms with Crippen LogP contribution in [-0.4, -0.2) is 30.6 Å². The molecule has 0 aliphatic heterocycles. The molecule has 0 radical (unpaired) electrons. The zero-order chi connectivity index (χ0) is 16.8. The Morgan fingerprint density at radius 1 is 1.43 bits per heavy atom. The van der Waals surface area contributed by atoms with Crippen molar-refractivity contribution in [1.29, 1.82) is 0 Å². The van der Waals surface area contributed by atoms with Gasteiger partial charge in [0.05, 0.1) is 18.4 Å². The zero-order valence-electron chi connectivity index (χ0n) is 12.9. The predicted octanol–water partition coefficient (Wildman–Crippen LogP) is 2.70. The van der Waals surface area contributed by atoms with Crippen LogP contribution >= 0.6 is 0 Å². The second kappa shape index (κ2) is 7.82. The van der Waals surface area contributed by atoms with Crippen molar-refractivity contribution in [3.63, 3.8) is 0 Å². The molecule has 0 spiro atoms. The molecule has 0 fully saturated rings. The Kier molecular flexibility index (Phi) is 5.81. The first-order valence-electron chi connectivity index (χ1n) is 7.18. The molecule has 0 bridgehead atoms. The number of nitrogens with one attached hydrogen (secondary N) is 1. The maximum Gasteiger partial charge on any atom is 0.220 e. The Hall–Kier alpha value is -2.28. The van der Waals surface area contributed by atoms with Crippen molar-refractivity contribution in [2.45, 2.75) is 25.8 Å². The van der Waals surface area contributed by atoms with Crippen LogP contribution in [0.5, 0.6) is 0 Å². The summed E-state index contributed by atoms with van der Waals surface area (Å²) in [7, 11) is 1.56. The van der Waals surface area contributed by atoms with Crippen molar-refractivity contribution >= 4 is 5.91 Å². The second-order valence-electron chi connectivity index (χ2n) is 5.17. The molecule has 124 valence electrons. The minimum atomic E-state index is -0.723. The molecule has 0 saturated carbocycles. The van der Waals surface area contributed by atoms with E-state index in [1.54, 1.807) is 7.11 Å². The van der Waals surface area contributed by atoms with Gasteiger partial charge in [0.1, 0.15) is 11.6 Å². The topological polar surface area (TPSA) is 64.4 Å². The first-order valence-corrected chi connectivity index (χ1v) is 7.18. The van der Waals surface area contributed by atoms with Gasteiger partial charge in [-0.25, -0.2) is 13.8 Å². The van der Waals surface area contributed by atoms with Crippen molar-refractivity contribution in [3.05, 3.63) is 41.9 Å². The van der Waals surface area contributed by atoms with Crippen LogP contribution in [0.25, 0.3) is 11.3 Å². The third kappa shape index (κ3) is 4.85. The van der Waals surface area contributed by atoms with Gasteiger partial charge in [0, 0.05) is 32.1 Å². The summed E-state index contributed by atoms with van der Waals surface area (Å²) in [5.74, 6) is -1.02. The van der Waals surface area contributed by atoms with Gasteiger partial charge in [-0.15, -0.1) is 0 Å². The molecule has 1 N–H and O–H groups in total. The van der Waals surface area contributed by atoms with Gasteiger partial charge in [-0.1, -0.05) is 0 Å². The third-order valence-corrected chi connectivity index (χ3v) is 3.14. The van der Waals surface area contributed by atoms with Crippen LogP contribution in [0.15, 0.2) is 28.8 Å². The number of aromatic nitrogens is 1. The Bertz CT molecular complexity index is 673. The van der Waals surface area contributed by atoms with Gasteiger partial charge < -0.3 is 14.5 Å². The number of carbonyl (C=O) groups is 1. The van der Waals surface area contributed by atoms with Gasteiger partial charge in [0.2, 0.25) is 5.91 Å². The number of hydrogen-bond acceptors (Lipinski definition) is 4. The lowest BCUT2D eigenvalue weighted by atomic mass is 10.2. The molecule has 2 rings (SSSR count). The molecule has 1 atom stereocenters. The summed E-state index contributed by atoms with van der Waals surface area (Å²) in [6, 6.07) is 3.13. The van der Waals surface area contributed by atoms with Gasteiger partial charge in [-0.05, 0) is 19.1 Å². The van der Waals surface area contributed by atoms with Crippen molar-refractivity contribution in [1.82, 2.24) is 10.3 Å². The van der Waals surface area contributed by atoms with Gasteiger partial charge in [-0.3, -0.25) is 4.79 Å². The fourth-order valence-electron chi connectivity index (χ4n) is 2.10. The minimum absolute atomic E-state index is 0.0825. The van der Waals surface area contributed by atoms with Crippen molar-refractivity contribution < 1.29 is 22.7 Å². The number of ether oxygens (including phenoxy) is 1. The molecule has 0 aliphatic rings. The van der Waals surface area contributed by atoms with Crippen LogP contribution in [0.2, 0.25) is 0 Å². The number of methoxy groups -OCH3 is 1. The fraction of sp³-hybridized carbons (Fsp3) is 0.375. The molecule has 7 heteroatoms. The average Bonchev–Trinajstić information content (AvgIpc) is 2.94. The number of nitrogens with zero attached hydrogens (tertiary/aromatic N) is 1. The Labute approximate surface area is 132 Å². The van der Waals surface area contributed by atoms with Crippen LogP contribution < -0.4 is 5.32 Å². The average molecular weight is 324 g/mol. The summed E-state index contributed by atoms with van der Waals surface area (Å²) in [5.41, 5.74) is 0.128.